The second-order valence-corrected chi connectivity index (χ2v) is 5.19. The third-order valence-electron chi connectivity index (χ3n) is 2.88. The van der Waals surface area contributed by atoms with Crippen LogP contribution in [0.25, 0.3) is 0 Å². The zero-order chi connectivity index (χ0) is 11.4. The molecule has 0 spiro atoms. The maximum Gasteiger partial charge on any atom is 0.0600 e. The normalized spacial score (nSPS) is 17.1. The minimum absolute atomic E-state index is 0.778. The lowest BCUT2D eigenvalue weighted by molar-refractivity contribution is 0.288. The smallest absolute Gasteiger partial charge is 0.0600 e. The summed E-state index contributed by atoms with van der Waals surface area (Å²) >= 11 is 2.33. The van der Waals surface area contributed by atoms with Gasteiger partial charge in [-0.25, -0.2) is 0 Å². The van der Waals surface area contributed by atoms with Gasteiger partial charge in [0.25, 0.3) is 0 Å². The average Bonchev–Trinajstić information content (AvgIpc) is 2.32. The fraction of sp³-hybridized carbons (Fsp3) is 0.385. The topological polar surface area (TPSA) is 6.48 Å². The number of benzene rings is 1. The first-order chi connectivity index (χ1) is 7.79. The fourth-order valence-corrected chi connectivity index (χ4v) is 2.30. The van der Waals surface area contributed by atoms with Crippen LogP contribution in [0.15, 0.2) is 24.3 Å². The third kappa shape index (κ3) is 2.89. The van der Waals surface area contributed by atoms with Crippen LogP contribution in [0.2, 0.25) is 0 Å². The summed E-state index contributed by atoms with van der Waals surface area (Å²) in [6, 6.07) is 8.70. The predicted molar refractivity (Wildman–Crippen MR) is 76.6 cm³/mol. The maximum absolute atomic E-state index is 5.32. The molecule has 0 atom stereocenters. The van der Waals surface area contributed by atoms with E-state index < -0.39 is 0 Å². The molecule has 0 radical (unpaired) electrons. The summed E-state index contributed by atoms with van der Waals surface area (Å²) in [7, 11) is 0. The Hall–Kier alpha value is -0.730. The van der Waals surface area contributed by atoms with Crippen LogP contribution in [0.3, 0.4) is 0 Å². The summed E-state index contributed by atoms with van der Waals surface area (Å²) < 4.78 is 1.28. The van der Waals surface area contributed by atoms with Gasteiger partial charge >= 0.3 is 0 Å². The molecule has 0 amide bonds. The van der Waals surface area contributed by atoms with Gasteiger partial charge in [-0.3, -0.25) is 4.90 Å². The van der Waals surface area contributed by atoms with E-state index in [-0.39, 0.29) is 0 Å². The number of terminal acetylenes is 1. The van der Waals surface area contributed by atoms with Crippen molar-refractivity contribution in [2.45, 2.75) is 0 Å². The fourth-order valence-electron chi connectivity index (χ4n) is 1.95. The standard InChI is InChI=1S/C13H15IN2/c1-2-7-15-8-10-16(11-9-15)13-5-3-12(14)4-6-13/h1,3-6H,7-11H2. The number of hydrogen-bond acceptors (Lipinski definition) is 2. The van der Waals surface area contributed by atoms with Gasteiger partial charge in [0.1, 0.15) is 0 Å². The molecule has 1 aromatic carbocycles. The van der Waals surface area contributed by atoms with Crippen LogP contribution in [0, 0.1) is 15.9 Å². The van der Waals surface area contributed by atoms with Crippen molar-refractivity contribution in [3.8, 4) is 12.3 Å². The molecule has 1 heterocycles. The van der Waals surface area contributed by atoms with Gasteiger partial charge in [0, 0.05) is 35.4 Å². The van der Waals surface area contributed by atoms with Crippen molar-refractivity contribution in [2.75, 3.05) is 37.6 Å². The van der Waals surface area contributed by atoms with Crippen LogP contribution in [-0.2, 0) is 0 Å². The summed E-state index contributed by atoms with van der Waals surface area (Å²) in [5.41, 5.74) is 1.32. The Bertz CT molecular complexity index is 372. The second kappa shape index (κ2) is 5.55. The molecular weight excluding hydrogens is 311 g/mol. The van der Waals surface area contributed by atoms with Crippen molar-refractivity contribution < 1.29 is 0 Å². The highest BCUT2D eigenvalue weighted by Crippen LogP contribution is 2.17. The molecule has 3 heteroatoms. The number of piperazine rings is 1. The van der Waals surface area contributed by atoms with E-state index in [0.717, 1.165) is 32.7 Å². The lowest BCUT2D eigenvalue weighted by Gasteiger charge is -2.35. The van der Waals surface area contributed by atoms with Crippen LogP contribution in [-0.4, -0.2) is 37.6 Å². The molecule has 0 aliphatic carbocycles. The summed E-state index contributed by atoms with van der Waals surface area (Å²) in [6.07, 6.45) is 5.32. The first-order valence-electron chi connectivity index (χ1n) is 5.46. The van der Waals surface area contributed by atoms with Crippen molar-refractivity contribution in [2.24, 2.45) is 0 Å². The molecule has 1 aliphatic rings. The summed E-state index contributed by atoms with van der Waals surface area (Å²) in [6.45, 7) is 5.05. The molecule has 0 N–H and O–H groups in total. The zero-order valence-corrected chi connectivity index (χ0v) is 11.4. The van der Waals surface area contributed by atoms with Gasteiger partial charge in [0.15, 0.2) is 0 Å². The van der Waals surface area contributed by atoms with Crippen LogP contribution in [0.5, 0.6) is 0 Å². The number of halogens is 1. The van der Waals surface area contributed by atoms with Gasteiger partial charge in [-0.05, 0) is 46.9 Å². The van der Waals surface area contributed by atoms with E-state index in [2.05, 4.69) is 62.6 Å². The largest absolute Gasteiger partial charge is 0.369 e. The Labute approximate surface area is 111 Å². The molecule has 0 bridgehead atoms. The molecule has 1 saturated heterocycles. The molecule has 2 rings (SSSR count). The van der Waals surface area contributed by atoms with Crippen molar-refractivity contribution in [3.63, 3.8) is 0 Å². The highest BCUT2D eigenvalue weighted by Gasteiger charge is 2.15. The zero-order valence-electron chi connectivity index (χ0n) is 9.19. The van der Waals surface area contributed by atoms with Gasteiger partial charge in [-0.15, -0.1) is 6.42 Å². The van der Waals surface area contributed by atoms with Crippen molar-refractivity contribution >= 4 is 28.3 Å². The first-order valence-corrected chi connectivity index (χ1v) is 6.54. The van der Waals surface area contributed by atoms with Gasteiger partial charge in [0.2, 0.25) is 0 Å². The average molecular weight is 326 g/mol. The van der Waals surface area contributed by atoms with E-state index in [1.54, 1.807) is 0 Å². The molecule has 16 heavy (non-hydrogen) atoms. The van der Waals surface area contributed by atoms with Crippen LogP contribution in [0.4, 0.5) is 5.69 Å². The van der Waals surface area contributed by atoms with E-state index in [9.17, 15) is 0 Å². The lowest BCUT2D eigenvalue weighted by atomic mass is 10.2. The summed E-state index contributed by atoms with van der Waals surface area (Å²) in [5, 5.41) is 0. The Morgan fingerprint density at radius 1 is 1.12 bits per heavy atom. The van der Waals surface area contributed by atoms with Crippen LogP contribution < -0.4 is 4.90 Å². The van der Waals surface area contributed by atoms with E-state index in [0.29, 0.717) is 0 Å². The van der Waals surface area contributed by atoms with E-state index in [1.807, 2.05) is 0 Å². The lowest BCUT2D eigenvalue weighted by Crippen LogP contribution is -2.46. The number of anilines is 1. The molecule has 0 unspecified atom stereocenters. The Balaban J connectivity index is 1.94. The summed E-state index contributed by atoms with van der Waals surface area (Å²) in [4.78, 5) is 4.74. The monoisotopic (exact) mass is 326 g/mol. The molecule has 1 fully saturated rings. The summed E-state index contributed by atoms with van der Waals surface area (Å²) in [5.74, 6) is 2.71. The highest BCUT2D eigenvalue weighted by molar-refractivity contribution is 14.1. The minimum atomic E-state index is 0.778. The molecule has 1 aromatic rings. The number of nitrogens with zero attached hydrogens (tertiary/aromatic N) is 2. The van der Waals surface area contributed by atoms with Crippen molar-refractivity contribution in [1.82, 2.24) is 4.90 Å². The molecule has 2 nitrogen and oxygen atoms in total. The Morgan fingerprint density at radius 2 is 1.75 bits per heavy atom. The first kappa shape index (κ1) is 11.7. The van der Waals surface area contributed by atoms with Gasteiger partial charge < -0.3 is 4.90 Å². The SMILES string of the molecule is C#CCN1CCN(c2ccc(I)cc2)CC1. The van der Waals surface area contributed by atoms with Crippen molar-refractivity contribution in [1.29, 1.82) is 0 Å². The Kier molecular flexibility index (Phi) is 4.08. The van der Waals surface area contributed by atoms with Gasteiger partial charge in [-0.2, -0.15) is 0 Å². The van der Waals surface area contributed by atoms with E-state index in [1.165, 1.54) is 9.26 Å². The highest BCUT2D eigenvalue weighted by atomic mass is 127. The molecular formula is C13H15IN2. The van der Waals surface area contributed by atoms with Crippen molar-refractivity contribution in [3.05, 3.63) is 27.8 Å². The molecule has 0 saturated carbocycles. The van der Waals surface area contributed by atoms with Gasteiger partial charge in [-0.1, -0.05) is 5.92 Å². The number of hydrogen-bond donors (Lipinski definition) is 0. The van der Waals surface area contributed by atoms with E-state index in [4.69, 9.17) is 6.42 Å². The van der Waals surface area contributed by atoms with Crippen LogP contribution >= 0.6 is 22.6 Å². The number of rotatable bonds is 2. The predicted octanol–water partition coefficient (Wildman–Crippen LogP) is 2.05. The third-order valence-corrected chi connectivity index (χ3v) is 3.60. The minimum Gasteiger partial charge on any atom is -0.369 e. The maximum atomic E-state index is 5.32. The quantitative estimate of drug-likeness (QED) is 0.606. The van der Waals surface area contributed by atoms with Crippen LogP contribution in [0.1, 0.15) is 0 Å². The Morgan fingerprint density at radius 3 is 2.31 bits per heavy atom. The van der Waals surface area contributed by atoms with E-state index >= 15 is 0 Å². The molecule has 84 valence electrons. The molecule has 0 aromatic heterocycles. The second-order valence-electron chi connectivity index (χ2n) is 3.94. The van der Waals surface area contributed by atoms with Gasteiger partial charge in [0.05, 0.1) is 6.54 Å². The molecule has 1 aliphatic heterocycles.